The fourth-order valence-electron chi connectivity index (χ4n) is 3.26. The number of nitrogens with zero attached hydrogens (tertiary/aromatic N) is 3. The third-order valence-electron chi connectivity index (χ3n) is 4.39. The summed E-state index contributed by atoms with van der Waals surface area (Å²) in [4.78, 5) is 6.71. The van der Waals surface area contributed by atoms with E-state index in [1.54, 1.807) is 0 Å². The van der Waals surface area contributed by atoms with Crippen molar-refractivity contribution in [3.63, 3.8) is 0 Å². The summed E-state index contributed by atoms with van der Waals surface area (Å²) in [6.45, 7) is 2.20. The highest BCUT2D eigenvalue weighted by Crippen LogP contribution is 2.32. The molecule has 1 saturated heterocycles. The first-order valence-corrected chi connectivity index (χ1v) is 7.79. The van der Waals surface area contributed by atoms with Gasteiger partial charge in [0, 0.05) is 36.6 Å². The lowest BCUT2D eigenvalue weighted by atomic mass is 10.1. The molecular formula is C18H18FN3. The van der Waals surface area contributed by atoms with Crippen LogP contribution in [0.15, 0.2) is 48.9 Å². The largest absolute Gasteiger partial charge is 0.370 e. The molecule has 0 amide bonds. The van der Waals surface area contributed by atoms with E-state index >= 15 is 0 Å². The number of halogens is 1. The first-order chi connectivity index (χ1) is 10.8. The van der Waals surface area contributed by atoms with E-state index in [-0.39, 0.29) is 5.82 Å². The van der Waals surface area contributed by atoms with Gasteiger partial charge in [0.1, 0.15) is 5.82 Å². The van der Waals surface area contributed by atoms with Crippen molar-refractivity contribution in [2.75, 3.05) is 18.0 Å². The quantitative estimate of drug-likeness (QED) is 0.708. The van der Waals surface area contributed by atoms with Crippen molar-refractivity contribution < 1.29 is 4.39 Å². The topological polar surface area (TPSA) is 21.1 Å². The second-order valence-corrected chi connectivity index (χ2v) is 5.80. The first-order valence-electron chi connectivity index (χ1n) is 7.79. The third-order valence-corrected chi connectivity index (χ3v) is 4.39. The molecule has 0 unspecified atom stereocenters. The highest BCUT2D eigenvalue weighted by Gasteiger charge is 2.17. The number of piperidine rings is 1. The Kier molecular flexibility index (Phi) is 3.29. The summed E-state index contributed by atoms with van der Waals surface area (Å²) in [5.41, 5.74) is 3.28. The number of aromatic nitrogens is 2. The summed E-state index contributed by atoms with van der Waals surface area (Å²) >= 11 is 0. The van der Waals surface area contributed by atoms with Crippen LogP contribution < -0.4 is 4.90 Å². The minimum atomic E-state index is -0.213. The fraction of sp³-hybridized carbons (Fsp3) is 0.278. The standard InChI is InChI=1S/C18H18FN3/c19-14-4-6-15(7-5-14)22-13-18(21-10-2-1-3-11-21)16-8-9-20-12-17(16)22/h4-9,12-13H,1-3,10-11H2. The molecule has 1 aliphatic heterocycles. The molecule has 22 heavy (non-hydrogen) atoms. The number of pyridine rings is 1. The van der Waals surface area contributed by atoms with Crippen LogP contribution in [-0.2, 0) is 0 Å². The molecule has 0 atom stereocenters. The van der Waals surface area contributed by atoms with Crippen LogP contribution in [0.1, 0.15) is 19.3 Å². The molecule has 3 nitrogen and oxygen atoms in total. The molecule has 0 radical (unpaired) electrons. The molecule has 0 N–H and O–H groups in total. The van der Waals surface area contributed by atoms with Gasteiger partial charge in [-0.25, -0.2) is 4.39 Å². The van der Waals surface area contributed by atoms with Gasteiger partial charge in [0.05, 0.1) is 17.4 Å². The Balaban J connectivity index is 1.86. The zero-order valence-corrected chi connectivity index (χ0v) is 12.4. The summed E-state index contributed by atoms with van der Waals surface area (Å²) in [7, 11) is 0. The molecule has 1 aliphatic rings. The fourth-order valence-corrected chi connectivity index (χ4v) is 3.26. The van der Waals surface area contributed by atoms with E-state index < -0.39 is 0 Å². The third kappa shape index (κ3) is 2.25. The summed E-state index contributed by atoms with van der Waals surface area (Å²) < 4.78 is 15.3. The van der Waals surface area contributed by atoms with Crippen molar-refractivity contribution in [3.8, 4) is 5.69 Å². The van der Waals surface area contributed by atoms with E-state index in [1.165, 1.54) is 42.5 Å². The van der Waals surface area contributed by atoms with Crippen molar-refractivity contribution in [1.29, 1.82) is 0 Å². The normalized spacial score (nSPS) is 15.4. The van der Waals surface area contributed by atoms with Gasteiger partial charge in [-0.2, -0.15) is 0 Å². The predicted octanol–water partition coefficient (Wildman–Crippen LogP) is 4.15. The number of fused-ring (bicyclic) bond motifs is 1. The van der Waals surface area contributed by atoms with Crippen LogP contribution in [-0.4, -0.2) is 22.6 Å². The number of benzene rings is 1. The molecule has 3 heterocycles. The van der Waals surface area contributed by atoms with E-state index in [1.807, 2.05) is 24.5 Å². The maximum atomic E-state index is 13.2. The Labute approximate surface area is 129 Å². The van der Waals surface area contributed by atoms with Crippen LogP contribution in [0.25, 0.3) is 16.6 Å². The Bertz CT molecular complexity index is 786. The van der Waals surface area contributed by atoms with Crippen molar-refractivity contribution in [1.82, 2.24) is 9.55 Å². The summed E-state index contributed by atoms with van der Waals surface area (Å²) in [6, 6.07) is 8.68. The molecule has 2 aromatic heterocycles. The van der Waals surface area contributed by atoms with Gasteiger partial charge in [0.15, 0.2) is 0 Å². The Morgan fingerprint density at radius 2 is 1.73 bits per heavy atom. The van der Waals surface area contributed by atoms with Gasteiger partial charge in [-0.1, -0.05) is 0 Å². The molecular weight excluding hydrogens is 277 g/mol. The minimum Gasteiger partial charge on any atom is -0.370 e. The van der Waals surface area contributed by atoms with E-state index in [2.05, 4.69) is 26.7 Å². The highest BCUT2D eigenvalue weighted by molar-refractivity contribution is 5.94. The van der Waals surface area contributed by atoms with Crippen LogP contribution in [0.5, 0.6) is 0 Å². The van der Waals surface area contributed by atoms with Gasteiger partial charge in [0.25, 0.3) is 0 Å². The number of hydrogen-bond donors (Lipinski definition) is 0. The molecule has 0 saturated carbocycles. The molecule has 112 valence electrons. The molecule has 3 aromatic rings. The van der Waals surface area contributed by atoms with Crippen molar-refractivity contribution in [2.45, 2.75) is 19.3 Å². The van der Waals surface area contributed by atoms with Crippen molar-refractivity contribution in [3.05, 3.63) is 54.7 Å². The van der Waals surface area contributed by atoms with Gasteiger partial charge in [0.2, 0.25) is 0 Å². The average Bonchev–Trinajstić information content (AvgIpc) is 2.96. The molecule has 0 aliphatic carbocycles. The van der Waals surface area contributed by atoms with Crippen LogP contribution >= 0.6 is 0 Å². The lowest BCUT2D eigenvalue weighted by Gasteiger charge is -2.28. The van der Waals surface area contributed by atoms with Gasteiger partial charge in [-0.3, -0.25) is 4.98 Å². The summed E-state index contributed by atoms with van der Waals surface area (Å²) in [5, 5.41) is 1.21. The number of hydrogen-bond acceptors (Lipinski definition) is 2. The number of rotatable bonds is 2. The van der Waals surface area contributed by atoms with Crippen LogP contribution in [0.3, 0.4) is 0 Å². The SMILES string of the molecule is Fc1ccc(-n2cc(N3CCCCC3)c3ccncc32)cc1. The summed E-state index contributed by atoms with van der Waals surface area (Å²) in [5.74, 6) is -0.213. The Morgan fingerprint density at radius 1 is 0.955 bits per heavy atom. The maximum absolute atomic E-state index is 13.2. The summed E-state index contributed by atoms with van der Waals surface area (Å²) in [6.07, 6.45) is 9.68. The average molecular weight is 295 g/mol. The smallest absolute Gasteiger partial charge is 0.123 e. The van der Waals surface area contributed by atoms with Gasteiger partial charge in [-0.05, 0) is 49.6 Å². The van der Waals surface area contributed by atoms with Gasteiger partial charge in [-0.15, -0.1) is 0 Å². The van der Waals surface area contributed by atoms with Crippen LogP contribution in [0.4, 0.5) is 10.1 Å². The predicted molar refractivity (Wildman–Crippen MR) is 87.1 cm³/mol. The maximum Gasteiger partial charge on any atom is 0.123 e. The lowest BCUT2D eigenvalue weighted by molar-refractivity contribution is 0.579. The lowest BCUT2D eigenvalue weighted by Crippen LogP contribution is -2.29. The van der Waals surface area contributed by atoms with Crippen LogP contribution in [0, 0.1) is 5.82 Å². The molecule has 1 fully saturated rings. The molecule has 0 spiro atoms. The monoisotopic (exact) mass is 295 g/mol. The van der Waals surface area contributed by atoms with Crippen molar-refractivity contribution in [2.24, 2.45) is 0 Å². The molecule has 1 aromatic carbocycles. The van der Waals surface area contributed by atoms with E-state index in [9.17, 15) is 4.39 Å². The van der Waals surface area contributed by atoms with E-state index in [4.69, 9.17) is 0 Å². The van der Waals surface area contributed by atoms with Crippen molar-refractivity contribution >= 4 is 16.6 Å². The zero-order chi connectivity index (χ0) is 14.9. The Hall–Kier alpha value is -2.36. The van der Waals surface area contributed by atoms with E-state index in [0.717, 1.165) is 24.3 Å². The second kappa shape index (κ2) is 5.44. The molecule has 0 bridgehead atoms. The van der Waals surface area contributed by atoms with Gasteiger partial charge >= 0.3 is 0 Å². The van der Waals surface area contributed by atoms with E-state index in [0.29, 0.717) is 0 Å². The van der Waals surface area contributed by atoms with Crippen LogP contribution in [0.2, 0.25) is 0 Å². The second-order valence-electron chi connectivity index (χ2n) is 5.80. The molecule has 4 heteroatoms. The zero-order valence-electron chi connectivity index (χ0n) is 12.4. The van der Waals surface area contributed by atoms with Gasteiger partial charge < -0.3 is 9.47 Å². The molecule has 4 rings (SSSR count). The minimum absolute atomic E-state index is 0.213. The Morgan fingerprint density at radius 3 is 2.50 bits per heavy atom. The number of anilines is 1. The highest BCUT2D eigenvalue weighted by atomic mass is 19.1. The first kappa shape index (κ1) is 13.3.